The van der Waals surface area contributed by atoms with Crippen LogP contribution in [-0.2, 0) is 16.4 Å². The van der Waals surface area contributed by atoms with Crippen LogP contribution < -0.4 is 0 Å². The van der Waals surface area contributed by atoms with Gasteiger partial charge in [0.15, 0.2) is 0 Å². The predicted molar refractivity (Wildman–Crippen MR) is 82.7 cm³/mol. The van der Waals surface area contributed by atoms with Crippen molar-refractivity contribution in [1.29, 1.82) is 0 Å². The SMILES string of the molecule is CCc1ccc(S(=O)(=O)N(CCCl)C(CC)CC)s1. The van der Waals surface area contributed by atoms with E-state index in [0.717, 1.165) is 24.1 Å². The van der Waals surface area contributed by atoms with Crippen molar-refractivity contribution in [2.75, 3.05) is 12.4 Å². The summed E-state index contributed by atoms with van der Waals surface area (Å²) in [6, 6.07) is 3.63. The summed E-state index contributed by atoms with van der Waals surface area (Å²) in [6.45, 7) is 6.42. The number of hydrogen-bond donors (Lipinski definition) is 0. The van der Waals surface area contributed by atoms with Crippen LogP contribution in [0.15, 0.2) is 16.3 Å². The molecule has 19 heavy (non-hydrogen) atoms. The van der Waals surface area contributed by atoms with Crippen LogP contribution in [0.25, 0.3) is 0 Å². The highest BCUT2D eigenvalue weighted by atomic mass is 35.5. The van der Waals surface area contributed by atoms with Crippen LogP contribution in [0.5, 0.6) is 0 Å². The van der Waals surface area contributed by atoms with Crippen LogP contribution in [0.4, 0.5) is 0 Å². The highest BCUT2D eigenvalue weighted by molar-refractivity contribution is 7.91. The van der Waals surface area contributed by atoms with Gasteiger partial charge in [0.25, 0.3) is 10.0 Å². The molecule has 0 radical (unpaired) electrons. The summed E-state index contributed by atoms with van der Waals surface area (Å²) in [5.41, 5.74) is 0. The first kappa shape index (κ1) is 17.0. The average molecular weight is 324 g/mol. The van der Waals surface area contributed by atoms with Crippen molar-refractivity contribution in [3.8, 4) is 0 Å². The normalized spacial score (nSPS) is 12.5. The standard InChI is InChI=1S/C13H22ClNO2S2/c1-4-11(5-2)15(10-9-14)19(16,17)13-8-7-12(6-3)18-13/h7-8,11H,4-6,9-10H2,1-3H3. The zero-order valence-corrected chi connectivity index (χ0v) is 14.1. The molecule has 0 bridgehead atoms. The van der Waals surface area contributed by atoms with Gasteiger partial charge in [-0.15, -0.1) is 22.9 Å². The topological polar surface area (TPSA) is 37.4 Å². The molecule has 0 atom stereocenters. The third-order valence-electron chi connectivity index (χ3n) is 3.20. The maximum Gasteiger partial charge on any atom is 0.252 e. The Labute approximate surface area is 125 Å². The number of hydrogen-bond acceptors (Lipinski definition) is 3. The van der Waals surface area contributed by atoms with Gasteiger partial charge < -0.3 is 0 Å². The van der Waals surface area contributed by atoms with Crippen LogP contribution in [0, 0.1) is 0 Å². The van der Waals surface area contributed by atoms with Gasteiger partial charge in [-0.2, -0.15) is 4.31 Å². The number of halogens is 1. The molecule has 1 heterocycles. The fourth-order valence-corrected chi connectivity index (χ4v) is 5.56. The molecule has 0 saturated carbocycles. The Morgan fingerprint density at radius 1 is 1.26 bits per heavy atom. The van der Waals surface area contributed by atoms with Crippen molar-refractivity contribution < 1.29 is 8.42 Å². The largest absolute Gasteiger partial charge is 0.252 e. The molecule has 0 N–H and O–H groups in total. The van der Waals surface area contributed by atoms with Crippen LogP contribution in [0.1, 0.15) is 38.5 Å². The van der Waals surface area contributed by atoms with Crippen molar-refractivity contribution in [2.24, 2.45) is 0 Å². The van der Waals surface area contributed by atoms with E-state index in [1.807, 2.05) is 26.8 Å². The number of sulfonamides is 1. The van der Waals surface area contributed by atoms with Crippen LogP contribution >= 0.6 is 22.9 Å². The van der Waals surface area contributed by atoms with E-state index < -0.39 is 10.0 Å². The van der Waals surface area contributed by atoms with Gasteiger partial charge in [0, 0.05) is 23.3 Å². The summed E-state index contributed by atoms with van der Waals surface area (Å²) < 4.78 is 27.4. The van der Waals surface area contributed by atoms with E-state index in [1.54, 1.807) is 10.4 Å². The highest BCUT2D eigenvalue weighted by Gasteiger charge is 2.30. The van der Waals surface area contributed by atoms with E-state index in [-0.39, 0.29) is 6.04 Å². The lowest BCUT2D eigenvalue weighted by molar-refractivity contribution is 0.317. The molecule has 1 rings (SSSR count). The summed E-state index contributed by atoms with van der Waals surface area (Å²) in [5.74, 6) is 0.321. The van der Waals surface area contributed by atoms with E-state index in [0.29, 0.717) is 16.6 Å². The van der Waals surface area contributed by atoms with Gasteiger partial charge in [-0.25, -0.2) is 8.42 Å². The Kier molecular flexibility index (Phi) is 6.80. The van der Waals surface area contributed by atoms with E-state index in [4.69, 9.17) is 11.6 Å². The molecule has 0 fully saturated rings. The monoisotopic (exact) mass is 323 g/mol. The molecule has 0 unspecified atom stereocenters. The fraction of sp³-hybridized carbons (Fsp3) is 0.692. The number of alkyl halides is 1. The summed E-state index contributed by atoms with van der Waals surface area (Å²) in [7, 11) is -3.41. The molecule has 0 spiro atoms. The molecule has 0 aliphatic heterocycles. The zero-order valence-electron chi connectivity index (χ0n) is 11.7. The smallest absolute Gasteiger partial charge is 0.206 e. The minimum Gasteiger partial charge on any atom is -0.206 e. The second kappa shape index (κ2) is 7.62. The molecule has 1 aromatic heterocycles. The van der Waals surface area contributed by atoms with Crippen molar-refractivity contribution >= 4 is 33.0 Å². The maximum absolute atomic E-state index is 12.7. The van der Waals surface area contributed by atoms with Gasteiger partial charge in [0.2, 0.25) is 0 Å². The summed E-state index contributed by atoms with van der Waals surface area (Å²) >= 11 is 7.14. The molecule has 1 aromatic rings. The summed E-state index contributed by atoms with van der Waals surface area (Å²) in [6.07, 6.45) is 2.47. The first-order valence-corrected chi connectivity index (χ1v) is 9.46. The molecular formula is C13H22ClNO2S2. The quantitative estimate of drug-likeness (QED) is 0.684. The second-order valence-corrected chi connectivity index (χ2v) is 8.01. The van der Waals surface area contributed by atoms with Crippen molar-refractivity contribution in [2.45, 2.75) is 50.3 Å². The fourth-order valence-electron chi connectivity index (χ4n) is 2.08. The third-order valence-corrected chi connectivity index (χ3v) is 7.02. The maximum atomic E-state index is 12.7. The van der Waals surface area contributed by atoms with E-state index >= 15 is 0 Å². The predicted octanol–water partition coefficient (Wildman–Crippen LogP) is 3.73. The minimum absolute atomic E-state index is 0.0240. The molecule has 110 valence electrons. The Bertz CT molecular complexity index is 481. The third kappa shape index (κ3) is 3.94. The zero-order chi connectivity index (χ0) is 14.5. The molecule has 0 aliphatic rings. The van der Waals surface area contributed by atoms with Gasteiger partial charge in [-0.3, -0.25) is 0 Å². The molecule has 0 saturated heterocycles. The molecule has 3 nitrogen and oxygen atoms in total. The van der Waals surface area contributed by atoms with Gasteiger partial charge in [0.05, 0.1) is 0 Å². The second-order valence-electron chi connectivity index (χ2n) is 4.35. The molecule has 0 aliphatic carbocycles. The first-order chi connectivity index (χ1) is 9.01. The Hall–Kier alpha value is -0.100. The van der Waals surface area contributed by atoms with Crippen LogP contribution in [-0.4, -0.2) is 31.2 Å². The number of thiophene rings is 1. The van der Waals surface area contributed by atoms with E-state index in [1.165, 1.54) is 11.3 Å². The van der Waals surface area contributed by atoms with Crippen LogP contribution in [0.3, 0.4) is 0 Å². The first-order valence-electron chi connectivity index (χ1n) is 6.67. The number of aryl methyl sites for hydroxylation is 1. The number of rotatable bonds is 8. The van der Waals surface area contributed by atoms with Crippen LogP contribution in [0.2, 0.25) is 0 Å². The number of nitrogens with zero attached hydrogens (tertiary/aromatic N) is 1. The Balaban J connectivity index is 3.11. The lowest BCUT2D eigenvalue weighted by Crippen LogP contribution is -2.40. The molecular weight excluding hydrogens is 302 g/mol. The van der Waals surface area contributed by atoms with E-state index in [2.05, 4.69) is 0 Å². The molecule has 0 aromatic carbocycles. The minimum atomic E-state index is -3.41. The van der Waals surface area contributed by atoms with Gasteiger partial charge in [0.1, 0.15) is 4.21 Å². The molecule has 6 heteroatoms. The highest BCUT2D eigenvalue weighted by Crippen LogP contribution is 2.27. The summed E-state index contributed by atoms with van der Waals surface area (Å²) in [5, 5.41) is 0. The van der Waals surface area contributed by atoms with Crippen molar-refractivity contribution in [1.82, 2.24) is 4.31 Å². The van der Waals surface area contributed by atoms with Gasteiger partial charge in [-0.1, -0.05) is 20.8 Å². The van der Waals surface area contributed by atoms with Crippen molar-refractivity contribution in [3.63, 3.8) is 0 Å². The van der Waals surface area contributed by atoms with Gasteiger partial charge >= 0.3 is 0 Å². The van der Waals surface area contributed by atoms with E-state index in [9.17, 15) is 8.42 Å². The Morgan fingerprint density at radius 3 is 2.32 bits per heavy atom. The lowest BCUT2D eigenvalue weighted by Gasteiger charge is -2.28. The average Bonchev–Trinajstić information content (AvgIpc) is 2.88. The molecule has 0 amide bonds. The Morgan fingerprint density at radius 2 is 1.89 bits per heavy atom. The lowest BCUT2D eigenvalue weighted by atomic mass is 10.2. The van der Waals surface area contributed by atoms with Crippen molar-refractivity contribution in [3.05, 3.63) is 17.0 Å². The summed E-state index contributed by atoms with van der Waals surface area (Å²) in [4.78, 5) is 1.09. The van der Waals surface area contributed by atoms with Gasteiger partial charge in [-0.05, 0) is 31.4 Å².